The topological polar surface area (TPSA) is 130 Å². The number of piperazine rings is 1. The Morgan fingerprint density at radius 1 is 1.20 bits per heavy atom. The number of nitrogens with zero attached hydrogens (tertiary/aromatic N) is 4. The summed E-state index contributed by atoms with van der Waals surface area (Å²) in [6, 6.07) is 4.12. The van der Waals surface area contributed by atoms with Gasteiger partial charge in [0.1, 0.15) is 6.04 Å². The molecule has 11 nitrogen and oxygen atoms in total. The van der Waals surface area contributed by atoms with Crippen LogP contribution in [0.25, 0.3) is 0 Å². The lowest BCUT2D eigenvalue weighted by molar-refractivity contribution is -0.384. The molecule has 1 aromatic carbocycles. The summed E-state index contributed by atoms with van der Waals surface area (Å²) < 4.78 is 30.9. The maximum atomic E-state index is 13.2. The van der Waals surface area contributed by atoms with Crippen molar-refractivity contribution in [2.24, 2.45) is 0 Å². The fourth-order valence-electron chi connectivity index (χ4n) is 3.32. The third kappa shape index (κ3) is 5.38. The van der Waals surface area contributed by atoms with Gasteiger partial charge in [-0.15, -0.1) is 0 Å². The molecule has 1 aliphatic heterocycles. The van der Waals surface area contributed by atoms with Crippen LogP contribution in [0.15, 0.2) is 24.3 Å². The number of nitro groups is 1. The van der Waals surface area contributed by atoms with Crippen molar-refractivity contribution in [3.8, 4) is 0 Å². The highest BCUT2D eigenvalue weighted by Crippen LogP contribution is 2.27. The zero-order chi connectivity index (χ0) is 22.5. The van der Waals surface area contributed by atoms with Gasteiger partial charge in [0.05, 0.1) is 23.5 Å². The number of ether oxygens (including phenoxy) is 1. The van der Waals surface area contributed by atoms with Gasteiger partial charge in [-0.05, 0) is 19.4 Å². The van der Waals surface area contributed by atoms with Crippen molar-refractivity contribution >= 4 is 33.4 Å². The average Bonchev–Trinajstić information content (AvgIpc) is 2.70. The number of carbonyl (C=O) groups is 2. The molecule has 0 N–H and O–H groups in total. The van der Waals surface area contributed by atoms with Crippen LogP contribution in [0.1, 0.15) is 20.3 Å². The number of rotatable bonds is 7. The zero-order valence-electron chi connectivity index (χ0n) is 17.2. The summed E-state index contributed by atoms with van der Waals surface area (Å²) in [4.78, 5) is 38.5. The summed E-state index contributed by atoms with van der Waals surface area (Å²) in [6.07, 6.45) is 0.679. The number of hydrogen-bond acceptors (Lipinski definition) is 7. The first kappa shape index (κ1) is 23.4. The first-order valence-corrected chi connectivity index (χ1v) is 11.4. The molecule has 1 fully saturated rings. The van der Waals surface area contributed by atoms with E-state index in [0.717, 1.165) is 16.6 Å². The van der Waals surface area contributed by atoms with Gasteiger partial charge in [-0.25, -0.2) is 13.2 Å². The Balaban J connectivity index is 2.26. The Bertz CT molecular complexity index is 898. The van der Waals surface area contributed by atoms with Crippen LogP contribution in [0.5, 0.6) is 0 Å². The summed E-state index contributed by atoms with van der Waals surface area (Å²) in [7, 11) is -3.91. The normalized spacial score (nSPS) is 15.4. The van der Waals surface area contributed by atoms with E-state index in [2.05, 4.69) is 0 Å². The van der Waals surface area contributed by atoms with Gasteiger partial charge in [-0.1, -0.05) is 13.0 Å². The fraction of sp³-hybridized carbons (Fsp3) is 0.556. The molecule has 1 atom stereocenters. The van der Waals surface area contributed by atoms with Crippen molar-refractivity contribution in [1.29, 1.82) is 0 Å². The number of anilines is 1. The molecular weight excluding hydrogens is 416 g/mol. The molecular formula is C18H26N4O7S. The molecule has 2 amide bonds. The number of nitro benzene ring substituents is 1. The molecule has 0 aromatic heterocycles. The van der Waals surface area contributed by atoms with Crippen LogP contribution in [0, 0.1) is 10.1 Å². The monoisotopic (exact) mass is 442 g/mol. The SMILES string of the molecule is CCOC(=O)N1CCN(C(=O)[C@@H](CC)N(c2cccc([N+](=O)[O-])c2)S(C)(=O)=O)CC1. The largest absolute Gasteiger partial charge is 0.450 e. The standard InChI is InChI=1S/C18H26N4O7S/c1-4-16(17(23)19-9-11-20(12-10-19)18(24)29-5-2)21(30(3,27)28)14-7-6-8-15(13-14)22(25)26/h6-8,13,16H,4-5,9-12H2,1-3H3/t16-/m1/s1. The highest BCUT2D eigenvalue weighted by Gasteiger charge is 2.36. The molecule has 1 saturated heterocycles. The van der Waals surface area contributed by atoms with E-state index in [1.165, 1.54) is 28.0 Å². The van der Waals surface area contributed by atoms with Crippen molar-refractivity contribution in [3.63, 3.8) is 0 Å². The quantitative estimate of drug-likeness (QED) is 0.461. The molecule has 0 aliphatic carbocycles. The van der Waals surface area contributed by atoms with Crippen LogP contribution in [-0.2, 0) is 19.6 Å². The van der Waals surface area contributed by atoms with E-state index in [1.807, 2.05) is 0 Å². The Morgan fingerprint density at radius 3 is 2.30 bits per heavy atom. The summed E-state index contributed by atoms with van der Waals surface area (Å²) in [5.41, 5.74) is -0.219. The number of non-ortho nitro benzene ring substituents is 1. The second-order valence-corrected chi connectivity index (χ2v) is 8.63. The first-order chi connectivity index (χ1) is 14.1. The van der Waals surface area contributed by atoms with Gasteiger partial charge in [0.2, 0.25) is 15.9 Å². The van der Waals surface area contributed by atoms with Crippen LogP contribution in [0.4, 0.5) is 16.2 Å². The van der Waals surface area contributed by atoms with Gasteiger partial charge < -0.3 is 14.5 Å². The predicted octanol–water partition coefficient (Wildman–Crippen LogP) is 1.44. The zero-order valence-corrected chi connectivity index (χ0v) is 18.0. The molecule has 0 radical (unpaired) electrons. The molecule has 1 aromatic rings. The number of hydrogen-bond donors (Lipinski definition) is 0. The van der Waals surface area contributed by atoms with Crippen LogP contribution in [0.2, 0.25) is 0 Å². The molecule has 0 unspecified atom stereocenters. The minimum Gasteiger partial charge on any atom is -0.450 e. The van der Waals surface area contributed by atoms with E-state index in [4.69, 9.17) is 4.74 Å². The lowest BCUT2D eigenvalue weighted by Crippen LogP contribution is -2.56. The number of amides is 2. The van der Waals surface area contributed by atoms with E-state index in [-0.39, 0.29) is 50.6 Å². The highest BCUT2D eigenvalue weighted by atomic mass is 32.2. The summed E-state index contributed by atoms with van der Waals surface area (Å²) in [6.45, 7) is 4.65. The van der Waals surface area contributed by atoms with Crippen molar-refractivity contribution < 1.29 is 27.7 Å². The summed E-state index contributed by atoms with van der Waals surface area (Å²) in [5.74, 6) is -0.419. The van der Waals surface area contributed by atoms with E-state index in [0.29, 0.717) is 0 Å². The molecule has 30 heavy (non-hydrogen) atoms. The molecule has 1 heterocycles. The highest BCUT2D eigenvalue weighted by molar-refractivity contribution is 7.92. The maximum Gasteiger partial charge on any atom is 0.409 e. The maximum absolute atomic E-state index is 13.2. The lowest BCUT2D eigenvalue weighted by Gasteiger charge is -2.38. The van der Waals surface area contributed by atoms with Crippen molar-refractivity contribution in [2.75, 3.05) is 43.3 Å². The van der Waals surface area contributed by atoms with Crippen molar-refractivity contribution in [1.82, 2.24) is 9.80 Å². The minimum absolute atomic E-state index is 0.0528. The molecule has 1 aliphatic rings. The average molecular weight is 442 g/mol. The summed E-state index contributed by atoms with van der Waals surface area (Å²) >= 11 is 0. The molecule has 2 rings (SSSR count). The van der Waals surface area contributed by atoms with Crippen molar-refractivity contribution in [3.05, 3.63) is 34.4 Å². The van der Waals surface area contributed by atoms with Gasteiger partial charge in [0.25, 0.3) is 5.69 Å². The van der Waals surface area contributed by atoms with Gasteiger partial charge >= 0.3 is 6.09 Å². The second-order valence-electron chi connectivity index (χ2n) is 6.77. The summed E-state index contributed by atoms with van der Waals surface area (Å²) in [5, 5.41) is 11.1. The Labute approximate surface area is 175 Å². The molecule has 166 valence electrons. The predicted molar refractivity (Wildman–Crippen MR) is 110 cm³/mol. The van der Waals surface area contributed by atoms with Crippen LogP contribution < -0.4 is 4.31 Å². The van der Waals surface area contributed by atoms with Crippen LogP contribution >= 0.6 is 0 Å². The van der Waals surface area contributed by atoms with Gasteiger partial charge in [0.15, 0.2) is 0 Å². The third-order valence-corrected chi connectivity index (χ3v) is 5.90. The Hall–Kier alpha value is -2.89. The van der Waals surface area contributed by atoms with Gasteiger partial charge in [-0.3, -0.25) is 19.2 Å². The third-order valence-electron chi connectivity index (χ3n) is 4.72. The van der Waals surface area contributed by atoms with Gasteiger partial charge in [-0.2, -0.15) is 0 Å². The van der Waals surface area contributed by atoms with E-state index in [1.54, 1.807) is 13.8 Å². The molecule has 12 heteroatoms. The second kappa shape index (κ2) is 9.74. The minimum atomic E-state index is -3.91. The number of sulfonamides is 1. The molecule has 0 bridgehead atoms. The van der Waals surface area contributed by atoms with E-state index >= 15 is 0 Å². The van der Waals surface area contributed by atoms with E-state index in [9.17, 15) is 28.1 Å². The van der Waals surface area contributed by atoms with Crippen LogP contribution in [-0.4, -0.2) is 80.2 Å². The molecule has 0 saturated carbocycles. The number of carbonyl (C=O) groups excluding carboxylic acids is 2. The fourth-order valence-corrected chi connectivity index (χ4v) is 4.52. The van der Waals surface area contributed by atoms with Crippen molar-refractivity contribution in [2.45, 2.75) is 26.3 Å². The van der Waals surface area contributed by atoms with Gasteiger partial charge in [0, 0.05) is 38.3 Å². The smallest absolute Gasteiger partial charge is 0.409 e. The lowest BCUT2D eigenvalue weighted by atomic mass is 10.1. The van der Waals surface area contributed by atoms with Crippen LogP contribution in [0.3, 0.4) is 0 Å². The number of benzene rings is 1. The molecule has 0 spiro atoms. The Morgan fingerprint density at radius 2 is 1.80 bits per heavy atom. The van der Waals surface area contributed by atoms with E-state index < -0.39 is 33.0 Å². The Kier molecular flexibility index (Phi) is 7.59. The first-order valence-electron chi connectivity index (χ1n) is 9.54.